The number of fused-ring (bicyclic) bond motifs is 8. The Bertz CT molecular complexity index is 1730. The van der Waals surface area contributed by atoms with Crippen LogP contribution in [0.2, 0.25) is 0 Å². The van der Waals surface area contributed by atoms with Crippen molar-refractivity contribution >= 4 is 49.3 Å². The van der Waals surface area contributed by atoms with Gasteiger partial charge in [0.1, 0.15) is 0 Å². The Kier molecular flexibility index (Phi) is 9.19. The van der Waals surface area contributed by atoms with Crippen molar-refractivity contribution in [2.45, 2.75) is 95.5 Å². The quantitative estimate of drug-likeness (QED) is 0.195. The molecule has 1 aromatic rings. The number of hydrogen-bond acceptors (Lipinski definition) is 8. The van der Waals surface area contributed by atoms with Crippen LogP contribution in [-0.2, 0) is 16.0 Å². The van der Waals surface area contributed by atoms with Crippen LogP contribution in [0.4, 0.5) is 0 Å². The zero-order valence-corrected chi connectivity index (χ0v) is 28.4. The first-order chi connectivity index (χ1) is 21.1. The summed E-state index contributed by atoms with van der Waals surface area (Å²) in [6.07, 6.45) is 8.30. The van der Waals surface area contributed by atoms with Gasteiger partial charge >= 0.3 is 11.9 Å². The molecule has 0 amide bonds. The largest absolute Gasteiger partial charge is 0.481 e. The summed E-state index contributed by atoms with van der Waals surface area (Å²) in [6.45, 7) is 12.2. The molecule has 0 spiro atoms. The highest BCUT2D eigenvalue weighted by Gasteiger charge is 2.43. The topological polar surface area (TPSA) is 147 Å². The average Bonchev–Trinajstić information content (AvgIpc) is 3.58. The van der Waals surface area contributed by atoms with Gasteiger partial charge < -0.3 is 36.3 Å². The molecule has 0 saturated heterocycles. The van der Waals surface area contributed by atoms with Crippen molar-refractivity contribution in [2.24, 2.45) is 5.92 Å². The molecular weight excluding hydrogens is 609 g/mol. The van der Waals surface area contributed by atoms with E-state index in [9.17, 15) is 24.9 Å². The van der Waals surface area contributed by atoms with Crippen molar-refractivity contribution in [3.05, 3.63) is 78.9 Å². The molecule has 1 unspecified atom stereocenters. The Hall–Kier alpha value is -3.28. The van der Waals surface area contributed by atoms with Crippen molar-refractivity contribution in [3.8, 4) is 0 Å². The van der Waals surface area contributed by atoms with E-state index in [1.165, 1.54) is 0 Å². The molecule has 9 nitrogen and oxygen atoms in total. The Morgan fingerprint density at radius 1 is 0.889 bits per heavy atom. The number of carbonyl (C=O) groups is 2. The van der Waals surface area contributed by atoms with Crippen molar-refractivity contribution in [1.29, 1.82) is 0 Å². The third-order valence-electron chi connectivity index (χ3n) is 9.69. The van der Waals surface area contributed by atoms with Crippen LogP contribution in [0.1, 0.15) is 65.0 Å². The number of carboxylic acids is 2. The predicted molar refractivity (Wildman–Crippen MR) is 183 cm³/mol. The molecular formula is C34H44N4O5S2. The predicted octanol–water partition coefficient (Wildman–Crippen LogP) is 2.94. The molecule has 0 aliphatic carbocycles. The zero-order chi connectivity index (χ0) is 33.0. The van der Waals surface area contributed by atoms with E-state index in [2.05, 4.69) is 60.8 Å². The number of rotatable bonds is 8. The lowest BCUT2D eigenvalue weighted by Crippen LogP contribution is -2.46. The fourth-order valence-corrected chi connectivity index (χ4v) is 8.06. The molecule has 5 rings (SSSR count). The third kappa shape index (κ3) is 6.26. The first-order valence-corrected chi connectivity index (χ1v) is 16.5. The van der Waals surface area contributed by atoms with E-state index in [0.717, 1.165) is 55.7 Å². The minimum atomic E-state index is -1.62. The summed E-state index contributed by atoms with van der Waals surface area (Å²) in [5.74, 6) is -2.39. The minimum Gasteiger partial charge on any atom is -0.481 e. The molecule has 8 bridgehead atoms. The standard InChI is InChI=1S/C34H44N4O5S2/c1-15-21(7-9-30(39)40)29-14-34(43)22(8-10-31(41)42)16(2)26(38-34)11-24-17(3)32(19(5)44)28(35-24)13-25-18(4)33(20(6)45)27(36-25)12-23(15)37-29/h11-14,19-20,22,27-28,35-38,43-45H,7-10H2,1-6H3,(H,39,40)(H,41,42)/b23-12-,24-11-,25-13+,29-14-/t19-,20-,22?,27+,28-,34-/m0/s1. The maximum absolute atomic E-state index is 12.3. The number of aliphatic hydroxyl groups is 1. The van der Waals surface area contributed by atoms with E-state index in [1.54, 1.807) is 6.08 Å². The first kappa shape index (κ1) is 33.1. The number of H-pyrrole nitrogens is 1. The average molecular weight is 653 g/mol. The molecule has 0 saturated carbocycles. The zero-order valence-electron chi connectivity index (χ0n) is 26.6. The summed E-state index contributed by atoms with van der Waals surface area (Å²) >= 11 is 9.68. The maximum Gasteiger partial charge on any atom is 0.303 e. The van der Waals surface area contributed by atoms with Gasteiger partial charge in [-0.1, -0.05) is 0 Å². The first-order valence-electron chi connectivity index (χ1n) is 15.4. The third-order valence-corrected chi connectivity index (χ3v) is 10.2. The minimum absolute atomic E-state index is 0.0206. The van der Waals surface area contributed by atoms with Gasteiger partial charge in [0.25, 0.3) is 0 Å². The lowest BCUT2D eigenvalue weighted by Gasteiger charge is -2.28. The normalized spacial score (nSPS) is 31.0. The number of aliphatic carboxylic acids is 2. The number of aromatic nitrogens is 1. The summed E-state index contributed by atoms with van der Waals surface area (Å²) in [7, 11) is 0. The van der Waals surface area contributed by atoms with Crippen LogP contribution in [0.3, 0.4) is 0 Å². The van der Waals surface area contributed by atoms with Crippen LogP contribution in [0.25, 0.3) is 12.2 Å². The Labute approximate surface area is 274 Å². The highest BCUT2D eigenvalue weighted by atomic mass is 32.1. The van der Waals surface area contributed by atoms with Gasteiger partial charge in [-0.2, -0.15) is 25.3 Å². The van der Waals surface area contributed by atoms with Gasteiger partial charge in [0.15, 0.2) is 5.72 Å². The second kappa shape index (κ2) is 12.5. The van der Waals surface area contributed by atoms with Crippen LogP contribution < -0.4 is 26.6 Å². The highest BCUT2D eigenvalue weighted by Crippen LogP contribution is 2.40. The van der Waals surface area contributed by atoms with Gasteiger partial charge in [0.2, 0.25) is 0 Å². The van der Waals surface area contributed by atoms with E-state index in [0.29, 0.717) is 11.0 Å². The molecule has 242 valence electrons. The lowest BCUT2D eigenvalue weighted by atomic mass is 9.87. The number of thiol groups is 2. The fourth-order valence-electron chi connectivity index (χ4n) is 7.35. The van der Waals surface area contributed by atoms with E-state index in [-0.39, 0.29) is 48.3 Å². The van der Waals surface area contributed by atoms with Crippen LogP contribution in [-0.4, -0.2) is 60.6 Å². The van der Waals surface area contributed by atoms with E-state index >= 15 is 0 Å². The molecule has 4 aliphatic heterocycles. The highest BCUT2D eigenvalue weighted by molar-refractivity contribution is 7.81. The monoisotopic (exact) mass is 652 g/mol. The second-order valence-corrected chi connectivity index (χ2v) is 14.2. The van der Waals surface area contributed by atoms with E-state index in [1.807, 2.05) is 19.9 Å². The molecule has 4 aliphatic rings. The number of carboxylic acid groups (broad SMARTS) is 2. The molecule has 6 atom stereocenters. The number of allylic oxidation sites excluding steroid dienone is 3. The molecule has 0 radical (unpaired) electrons. The number of nitrogens with one attached hydrogen (secondary N) is 4. The van der Waals surface area contributed by atoms with Gasteiger partial charge in [-0.3, -0.25) is 9.59 Å². The summed E-state index contributed by atoms with van der Waals surface area (Å²) in [4.78, 5) is 26.8. The molecule has 7 N–H and O–H groups in total. The maximum atomic E-state index is 12.3. The second-order valence-electron chi connectivity index (χ2n) is 12.7. The summed E-state index contributed by atoms with van der Waals surface area (Å²) in [5.41, 5.74) is 8.03. The van der Waals surface area contributed by atoms with Gasteiger partial charge in [-0.25, -0.2) is 0 Å². The summed E-state index contributed by atoms with van der Waals surface area (Å²) < 4.78 is 0. The van der Waals surface area contributed by atoms with Gasteiger partial charge in [0, 0.05) is 57.0 Å². The Morgan fingerprint density at radius 3 is 2.07 bits per heavy atom. The molecule has 5 heterocycles. The smallest absolute Gasteiger partial charge is 0.303 e. The van der Waals surface area contributed by atoms with Crippen LogP contribution >= 0.6 is 25.3 Å². The van der Waals surface area contributed by atoms with Crippen molar-refractivity contribution in [3.63, 3.8) is 0 Å². The SMILES string of the molecule is CC1=C([C@H](C)S)[C@@H]2/C=C3/N[C@H](/C=c4\[nH]/c(c(CCC(=O)O)c4C)=C\[C@@]4(O)NC(=C(C)C4CCC(=O)O)/C=C/1N2)C([C@H](C)S)=C3C. The fraction of sp³-hybridized carbons (Fsp3) is 0.471. The summed E-state index contributed by atoms with van der Waals surface area (Å²) in [5, 5.41) is 43.4. The Morgan fingerprint density at radius 2 is 1.47 bits per heavy atom. The van der Waals surface area contributed by atoms with Crippen LogP contribution in [0.5, 0.6) is 0 Å². The van der Waals surface area contributed by atoms with Gasteiger partial charge in [0.05, 0.1) is 12.1 Å². The Balaban J connectivity index is 1.80. The number of hydrogen-bond donors (Lipinski definition) is 9. The molecule has 0 aromatic carbocycles. The van der Waals surface area contributed by atoms with Crippen LogP contribution in [0, 0.1) is 12.8 Å². The molecule has 0 fully saturated rings. The lowest BCUT2D eigenvalue weighted by molar-refractivity contribution is -0.138. The van der Waals surface area contributed by atoms with Gasteiger partial charge in [-0.05, 0) is 118 Å². The molecule has 45 heavy (non-hydrogen) atoms. The van der Waals surface area contributed by atoms with E-state index in [4.69, 9.17) is 25.3 Å². The van der Waals surface area contributed by atoms with Crippen LogP contribution in [0.15, 0.2) is 57.1 Å². The van der Waals surface area contributed by atoms with Crippen molar-refractivity contribution < 1.29 is 24.9 Å². The van der Waals surface area contributed by atoms with E-state index < -0.39 is 23.6 Å². The summed E-state index contributed by atoms with van der Waals surface area (Å²) in [6, 6.07) is -0.291. The van der Waals surface area contributed by atoms with Gasteiger partial charge in [-0.15, -0.1) is 0 Å². The van der Waals surface area contributed by atoms with Crippen molar-refractivity contribution in [2.75, 3.05) is 0 Å². The van der Waals surface area contributed by atoms with Crippen molar-refractivity contribution in [1.82, 2.24) is 20.9 Å². The molecule has 1 aromatic heterocycles. The number of aromatic amines is 1. The molecule has 11 heteroatoms.